The summed E-state index contributed by atoms with van der Waals surface area (Å²) in [5.41, 5.74) is 0.328. The van der Waals surface area contributed by atoms with Crippen LogP contribution in [0, 0.1) is 11.3 Å². The van der Waals surface area contributed by atoms with E-state index in [1.165, 1.54) is 12.8 Å². The maximum atomic E-state index is 5.75. The molecule has 2 heteroatoms. The topological polar surface area (TPSA) is 18.5 Å². The van der Waals surface area contributed by atoms with E-state index in [0.717, 1.165) is 19.6 Å². The molecule has 1 aliphatic rings. The quantitative estimate of drug-likeness (QED) is 0.696. The smallest absolute Gasteiger partial charge is 0.157 e. The van der Waals surface area contributed by atoms with Crippen LogP contribution in [0.1, 0.15) is 47.0 Å². The third-order valence-corrected chi connectivity index (χ3v) is 3.15. The van der Waals surface area contributed by atoms with Crippen molar-refractivity contribution in [3.8, 4) is 0 Å². The van der Waals surface area contributed by atoms with E-state index in [9.17, 15) is 0 Å². The number of hydrogen-bond acceptors (Lipinski definition) is 2. The molecule has 0 saturated carbocycles. The van der Waals surface area contributed by atoms with E-state index in [0.29, 0.717) is 11.3 Å². The number of hydrogen-bond donors (Lipinski definition) is 0. The van der Waals surface area contributed by atoms with E-state index >= 15 is 0 Å². The van der Waals surface area contributed by atoms with Crippen LogP contribution in [0.25, 0.3) is 0 Å². The summed E-state index contributed by atoms with van der Waals surface area (Å²) in [7, 11) is 0. The molecule has 0 amide bonds. The van der Waals surface area contributed by atoms with Crippen molar-refractivity contribution in [2.45, 2.75) is 53.2 Å². The van der Waals surface area contributed by atoms with Crippen LogP contribution in [0.3, 0.4) is 0 Å². The van der Waals surface area contributed by atoms with Crippen molar-refractivity contribution in [3.63, 3.8) is 0 Å². The Kier molecular flexibility index (Phi) is 4.39. The van der Waals surface area contributed by atoms with Crippen molar-refractivity contribution in [2.24, 2.45) is 11.3 Å². The average molecular weight is 200 g/mol. The maximum Gasteiger partial charge on any atom is 0.157 e. The second kappa shape index (κ2) is 5.13. The lowest BCUT2D eigenvalue weighted by molar-refractivity contribution is -0.172. The van der Waals surface area contributed by atoms with Gasteiger partial charge in [-0.15, -0.1) is 0 Å². The van der Waals surface area contributed by atoms with E-state index in [1.807, 2.05) is 0 Å². The molecule has 0 aromatic carbocycles. The molecule has 1 fully saturated rings. The van der Waals surface area contributed by atoms with Crippen molar-refractivity contribution in [3.05, 3.63) is 0 Å². The van der Waals surface area contributed by atoms with Crippen LogP contribution < -0.4 is 0 Å². The third-order valence-electron chi connectivity index (χ3n) is 3.15. The molecule has 0 radical (unpaired) electrons. The van der Waals surface area contributed by atoms with Gasteiger partial charge in [0.05, 0.1) is 6.61 Å². The van der Waals surface area contributed by atoms with Crippen LogP contribution in [0.15, 0.2) is 0 Å². The van der Waals surface area contributed by atoms with Gasteiger partial charge >= 0.3 is 0 Å². The van der Waals surface area contributed by atoms with Crippen LogP contribution in [0.4, 0.5) is 0 Å². The van der Waals surface area contributed by atoms with E-state index < -0.39 is 0 Å². The molecule has 0 spiro atoms. The second-order valence-electron chi connectivity index (χ2n) is 5.40. The lowest BCUT2D eigenvalue weighted by Crippen LogP contribution is -2.28. The zero-order chi connectivity index (χ0) is 10.6. The molecule has 1 rings (SSSR count). The fraction of sp³-hybridized carbons (Fsp3) is 1.00. The molecule has 2 atom stereocenters. The third kappa shape index (κ3) is 3.97. The first-order valence-electron chi connectivity index (χ1n) is 5.73. The van der Waals surface area contributed by atoms with Gasteiger partial charge in [-0.1, -0.05) is 27.7 Å². The molecule has 0 aromatic rings. The molecule has 84 valence electrons. The van der Waals surface area contributed by atoms with Crippen molar-refractivity contribution >= 4 is 0 Å². The Hall–Kier alpha value is -0.0800. The van der Waals surface area contributed by atoms with Gasteiger partial charge in [-0.05, 0) is 30.6 Å². The molecule has 0 N–H and O–H groups in total. The summed E-state index contributed by atoms with van der Waals surface area (Å²) in [4.78, 5) is 0. The van der Waals surface area contributed by atoms with Crippen LogP contribution in [-0.4, -0.2) is 19.5 Å². The fourth-order valence-electron chi connectivity index (χ4n) is 1.34. The lowest BCUT2D eigenvalue weighted by Gasteiger charge is -2.30. The molecule has 0 aromatic heterocycles. The molecule has 2 unspecified atom stereocenters. The molecule has 1 heterocycles. The summed E-state index contributed by atoms with van der Waals surface area (Å²) in [6.07, 6.45) is 3.56. The number of ether oxygens (including phenoxy) is 2. The van der Waals surface area contributed by atoms with Gasteiger partial charge in [0.25, 0.3) is 0 Å². The van der Waals surface area contributed by atoms with E-state index in [-0.39, 0.29) is 6.29 Å². The van der Waals surface area contributed by atoms with Crippen LogP contribution >= 0.6 is 0 Å². The number of rotatable bonds is 3. The molecule has 1 aliphatic heterocycles. The summed E-state index contributed by atoms with van der Waals surface area (Å²) in [6, 6.07) is 0. The standard InChI is InChI=1S/C12H24O2/c1-10(12(2,3)4)9-14-11-7-5-6-8-13-11/h10-11H,5-9H2,1-4H3. The molecular formula is C12H24O2. The van der Waals surface area contributed by atoms with Crippen LogP contribution in [0.5, 0.6) is 0 Å². The minimum absolute atomic E-state index is 0.0635. The minimum Gasteiger partial charge on any atom is -0.353 e. The molecular weight excluding hydrogens is 176 g/mol. The second-order valence-corrected chi connectivity index (χ2v) is 5.40. The Morgan fingerprint density at radius 1 is 1.36 bits per heavy atom. The summed E-state index contributed by atoms with van der Waals surface area (Å²) in [6.45, 7) is 10.7. The van der Waals surface area contributed by atoms with Gasteiger partial charge in [-0.2, -0.15) is 0 Å². The van der Waals surface area contributed by atoms with Gasteiger partial charge in [0.1, 0.15) is 0 Å². The highest BCUT2D eigenvalue weighted by molar-refractivity contribution is 4.69. The highest BCUT2D eigenvalue weighted by Gasteiger charge is 2.22. The molecule has 14 heavy (non-hydrogen) atoms. The normalized spacial score (nSPS) is 26.1. The Labute approximate surface area is 88.0 Å². The molecule has 0 bridgehead atoms. The van der Waals surface area contributed by atoms with Crippen LogP contribution in [0.2, 0.25) is 0 Å². The monoisotopic (exact) mass is 200 g/mol. The Bertz CT molecular complexity index is 154. The Morgan fingerprint density at radius 3 is 2.57 bits per heavy atom. The lowest BCUT2D eigenvalue weighted by atomic mass is 9.83. The van der Waals surface area contributed by atoms with Gasteiger partial charge in [0.15, 0.2) is 6.29 Å². The van der Waals surface area contributed by atoms with E-state index in [2.05, 4.69) is 27.7 Å². The van der Waals surface area contributed by atoms with E-state index in [4.69, 9.17) is 9.47 Å². The first-order valence-corrected chi connectivity index (χ1v) is 5.73. The molecule has 2 nitrogen and oxygen atoms in total. The SMILES string of the molecule is CC(COC1CCCCO1)C(C)(C)C. The Morgan fingerprint density at radius 2 is 2.07 bits per heavy atom. The zero-order valence-corrected chi connectivity index (χ0v) is 10.0. The van der Waals surface area contributed by atoms with Crippen LogP contribution in [-0.2, 0) is 9.47 Å². The van der Waals surface area contributed by atoms with E-state index in [1.54, 1.807) is 0 Å². The largest absolute Gasteiger partial charge is 0.353 e. The van der Waals surface area contributed by atoms with Gasteiger partial charge < -0.3 is 9.47 Å². The highest BCUT2D eigenvalue weighted by Crippen LogP contribution is 2.26. The maximum absolute atomic E-state index is 5.75. The van der Waals surface area contributed by atoms with Crippen molar-refractivity contribution in [1.29, 1.82) is 0 Å². The Balaban J connectivity index is 2.19. The minimum atomic E-state index is 0.0635. The van der Waals surface area contributed by atoms with Crippen molar-refractivity contribution in [2.75, 3.05) is 13.2 Å². The average Bonchev–Trinajstić information content (AvgIpc) is 2.14. The zero-order valence-electron chi connectivity index (χ0n) is 10.0. The molecule has 1 saturated heterocycles. The summed E-state index contributed by atoms with van der Waals surface area (Å²) < 4.78 is 11.3. The van der Waals surface area contributed by atoms with Gasteiger partial charge in [-0.25, -0.2) is 0 Å². The predicted octanol–water partition coefficient (Wildman–Crippen LogP) is 3.21. The van der Waals surface area contributed by atoms with Crippen molar-refractivity contribution in [1.82, 2.24) is 0 Å². The first kappa shape index (κ1) is 12.0. The predicted molar refractivity (Wildman–Crippen MR) is 58.2 cm³/mol. The highest BCUT2D eigenvalue weighted by atomic mass is 16.7. The van der Waals surface area contributed by atoms with Crippen molar-refractivity contribution < 1.29 is 9.47 Å². The fourth-order valence-corrected chi connectivity index (χ4v) is 1.34. The van der Waals surface area contributed by atoms with Gasteiger partial charge in [0.2, 0.25) is 0 Å². The van der Waals surface area contributed by atoms with Gasteiger partial charge in [-0.3, -0.25) is 0 Å². The van der Waals surface area contributed by atoms with Gasteiger partial charge in [0, 0.05) is 6.61 Å². The summed E-state index contributed by atoms with van der Waals surface area (Å²) >= 11 is 0. The first-order chi connectivity index (χ1) is 6.50. The molecule has 0 aliphatic carbocycles. The summed E-state index contributed by atoms with van der Waals surface area (Å²) in [5.74, 6) is 0.577. The summed E-state index contributed by atoms with van der Waals surface area (Å²) in [5, 5.41) is 0.